The van der Waals surface area contributed by atoms with Crippen molar-refractivity contribution in [2.24, 2.45) is 0 Å². The Kier molecular flexibility index (Phi) is 5.64. The highest BCUT2D eigenvalue weighted by atomic mass is 16.5. The molecule has 2 aromatic carbocycles. The quantitative estimate of drug-likeness (QED) is 0.861. The molecule has 4 heteroatoms. The zero-order valence-electron chi connectivity index (χ0n) is 13.3. The molecule has 122 valence electrons. The lowest BCUT2D eigenvalue weighted by molar-refractivity contribution is 0.141. The standard InChI is InChI=1S/C19H24N2O2/c22-14-9-19(21-12-10-20-11-13-21)16-5-4-8-18(15-16)23-17-6-2-1-3-7-17/h1-8,15,19-20,22H,9-14H2/t19-/m0/s1. The molecular weight excluding hydrogens is 288 g/mol. The van der Waals surface area contributed by atoms with Crippen LogP contribution in [0.5, 0.6) is 11.5 Å². The van der Waals surface area contributed by atoms with E-state index >= 15 is 0 Å². The smallest absolute Gasteiger partial charge is 0.127 e. The first-order valence-electron chi connectivity index (χ1n) is 8.25. The molecule has 0 unspecified atom stereocenters. The summed E-state index contributed by atoms with van der Waals surface area (Å²) in [6, 6.07) is 18.3. The van der Waals surface area contributed by atoms with E-state index in [0.29, 0.717) is 0 Å². The maximum atomic E-state index is 9.46. The lowest BCUT2D eigenvalue weighted by Crippen LogP contribution is -2.45. The normalized spacial score (nSPS) is 16.9. The van der Waals surface area contributed by atoms with Gasteiger partial charge in [-0.25, -0.2) is 0 Å². The first kappa shape index (κ1) is 16.0. The Bertz CT molecular complexity index is 597. The number of nitrogens with zero attached hydrogens (tertiary/aromatic N) is 1. The number of hydrogen-bond donors (Lipinski definition) is 2. The average molecular weight is 312 g/mol. The van der Waals surface area contributed by atoms with Crippen molar-refractivity contribution in [3.63, 3.8) is 0 Å². The zero-order chi connectivity index (χ0) is 15.9. The summed E-state index contributed by atoms with van der Waals surface area (Å²) in [6.45, 7) is 4.21. The van der Waals surface area contributed by atoms with Crippen LogP contribution in [0.2, 0.25) is 0 Å². The van der Waals surface area contributed by atoms with E-state index in [1.165, 1.54) is 5.56 Å². The Labute approximate surface area is 137 Å². The second kappa shape index (κ2) is 8.11. The van der Waals surface area contributed by atoms with Gasteiger partial charge >= 0.3 is 0 Å². The van der Waals surface area contributed by atoms with Gasteiger partial charge in [0.25, 0.3) is 0 Å². The molecule has 1 atom stereocenters. The van der Waals surface area contributed by atoms with Crippen molar-refractivity contribution < 1.29 is 9.84 Å². The molecule has 1 heterocycles. The van der Waals surface area contributed by atoms with Crippen molar-refractivity contribution in [2.75, 3.05) is 32.8 Å². The third-order valence-corrected chi connectivity index (χ3v) is 4.22. The predicted molar refractivity (Wildman–Crippen MR) is 91.8 cm³/mol. The van der Waals surface area contributed by atoms with Gasteiger partial charge in [0, 0.05) is 38.8 Å². The Hall–Kier alpha value is -1.88. The zero-order valence-corrected chi connectivity index (χ0v) is 13.3. The molecular formula is C19H24N2O2. The summed E-state index contributed by atoms with van der Waals surface area (Å²) in [7, 11) is 0. The molecule has 1 aliphatic rings. The highest BCUT2D eigenvalue weighted by Gasteiger charge is 2.22. The number of para-hydroxylation sites is 1. The first-order chi connectivity index (χ1) is 11.4. The number of rotatable bonds is 6. The van der Waals surface area contributed by atoms with Crippen LogP contribution in [-0.2, 0) is 0 Å². The lowest BCUT2D eigenvalue weighted by Gasteiger charge is -2.35. The first-order valence-corrected chi connectivity index (χ1v) is 8.25. The molecule has 2 aromatic rings. The topological polar surface area (TPSA) is 44.7 Å². The lowest BCUT2D eigenvalue weighted by atomic mass is 10.0. The number of hydrogen-bond acceptors (Lipinski definition) is 4. The van der Waals surface area contributed by atoms with Crippen molar-refractivity contribution in [3.8, 4) is 11.5 Å². The number of nitrogens with one attached hydrogen (secondary N) is 1. The van der Waals surface area contributed by atoms with Crippen LogP contribution in [0, 0.1) is 0 Å². The summed E-state index contributed by atoms with van der Waals surface area (Å²) >= 11 is 0. The van der Waals surface area contributed by atoms with Gasteiger partial charge in [0.05, 0.1) is 0 Å². The van der Waals surface area contributed by atoms with Crippen molar-refractivity contribution in [3.05, 3.63) is 60.2 Å². The highest BCUT2D eigenvalue weighted by molar-refractivity contribution is 5.35. The van der Waals surface area contributed by atoms with E-state index in [-0.39, 0.29) is 12.6 Å². The van der Waals surface area contributed by atoms with E-state index in [4.69, 9.17) is 4.74 Å². The molecule has 1 aliphatic heterocycles. The largest absolute Gasteiger partial charge is 0.457 e. The van der Waals surface area contributed by atoms with Crippen LogP contribution in [-0.4, -0.2) is 42.8 Å². The van der Waals surface area contributed by atoms with E-state index in [0.717, 1.165) is 44.1 Å². The van der Waals surface area contributed by atoms with Gasteiger partial charge in [-0.05, 0) is 36.2 Å². The number of aliphatic hydroxyl groups excluding tert-OH is 1. The van der Waals surface area contributed by atoms with Crippen LogP contribution in [0.25, 0.3) is 0 Å². The van der Waals surface area contributed by atoms with Crippen LogP contribution in [0.3, 0.4) is 0 Å². The molecule has 0 spiro atoms. The van der Waals surface area contributed by atoms with Gasteiger partial charge < -0.3 is 15.2 Å². The Morgan fingerprint density at radius 2 is 1.74 bits per heavy atom. The Balaban J connectivity index is 1.78. The van der Waals surface area contributed by atoms with E-state index in [1.807, 2.05) is 42.5 Å². The second-order valence-electron chi connectivity index (χ2n) is 5.80. The summed E-state index contributed by atoms with van der Waals surface area (Å²) in [5, 5.41) is 12.8. The fourth-order valence-corrected chi connectivity index (χ4v) is 3.09. The summed E-state index contributed by atoms with van der Waals surface area (Å²) in [5.41, 5.74) is 1.20. The Morgan fingerprint density at radius 3 is 2.48 bits per heavy atom. The molecule has 0 bridgehead atoms. The number of aliphatic hydroxyl groups is 1. The van der Waals surface area contributed by atoms with Crippen LogP contribution in [0.4, 0.5) is 0 Å². The third kappa shape index (κ3) is 4.32. The summed E-state index contributed by atoms with van der Waals surface area (Å²) in [4.78, 5) is 2.44. The fourth-order valence-electron chi connectivity index (χ4n) is 3.09. The van der Waals surface area contributed by atoms with E-state index in [2.05, 4.69) is 22.3 Å². The van der Waals surface area contributed by atoms with Crippen molar-refractivity contribution in [1.29, 1.82) is 0 Å². The van der Waals surface area contributed by atoms with Gasteiger partial charge in [0.2, 0.25) is 0 Å². The van der Waals surface area contributed by atoms with Crippen molar-refractivity contribution in [2.45, 2.75) is 12.5 Å². The van der Waals surface area contributed by atoms with Gasteiger partial charge in [-0.15, -0.1) is 0 Å². The van der Waals surface area contributed by atoms with E-state index < -0.39 is 0 Å². The van der Waals surface area contributed by atoms with Gasteiger partial charge in [-0.1, -0.05) is 30.3 Å². The van der Waals surface area contributed by atoms with Gasteiger partial charge in [-0.3, -0.25) is 4.90 Å². The number of piperazine rings is 1. The highest BCUT2D eigenvalue weighted by Crippen LogP contribution is 2.29. The molecule has 0 aliphatic carbocycles. The summed E-state index contributed by atoms with van der Waals surface area (Å²) < 4.78 is 5.94. The predicted octanol–water partition coefficient (Wildman–Crippen LogP) is 2.81. The molecule has 4 nitrogen and oxygen atoms in total. The summed E-state index contributed by atoms with van der Waals surface area (Å²) in [5.74, 6) is 1.68. The minimum absolute atomic E-state index is 0.193. The van der Waals surface area contributed by atoms with Gasteiger partial charge in [0.1, 0.15) is 11.5 Å². The minimum atomic E-state index is 0.193. The SMILES string of the molecule is OCC[C@@H](c1cccc(Oc2ccccc2)c1)N1CCNCC1. The van der Waals surface area contributed by atoms with E-state index in [1.54, 1.807) is 0 Å². The monoisotopic (exact) mass is 312 g/mol. The molecule has 1 fully saturated rings. The maximum absolute atomic E-state index is 9.46. The van der Waals surface area contributed by atoms with Gasteiger partial charge in [-0.2, -0.15) is 0 Å². The van der Waals surface area contributed by atoms with E-state index in [9.17, 15) is 5.11 Å². The molecule has 2 N–H and O–H groups in total. The molecule has 0 radical (unpaired) electrons. The molecule has 0 aromatic heterocycles. The molecule has 0 saturated carbocycles. The van der Waals surface area contributed by atoms with Gasteiger partial charge in [0.15, 0.2) is 0 Å². The molecule has 23 heavy (non-hydrogen) atoms. The minimum Gasteiger partial charge on any atom is -0.457 e. The summed E-state index contributed by atoms with van der Waals surface area (Å²) in [6.07, 6.45) is 0.745. The second-order valence-corrected chi connectivity index (χ2v) is 5.80. The Morgan fingerprint density at radius 1 is 1.00 bits per heavy atom. The van der Waals surface area contributed by atoms with Crippen LogP contribution in [0.1, 0.15) is 18.0 Å². The molecule has 3 rings (SSSR count). The average Bonchev–Trinajstić information content (AvgIpc) is 2.61. The number of benzene rings is 2. The van der Waals surface area contributed by atoms with Crippen molar-refractivity contribution >= 4 is 0 Å². The third-order valence-electron chi connectivity index (χ3n) is 4.22. The molecule has 1 saturated heterocycles. The van der Waals surface area contributed by atoms with Crippen LogP contribution < -0.4 is 10.1 Å². The molecule has 0 amide bonds. The van der Waals surface area contributed by atoms with Crippen molar-refractivity contribution in [1.82, 2.24) is 10.2 Å². The number of ether oxygens (including phenoxy) is 1. The van der Waals surface area contributed by atoms with Crippen LogP contribution in [0.15, 0.2) is 54.6 Å². The fraction of sp³-hybridized carbons (Fsp3) is 0.368. The maximum Gasteiger partial charge on any atom is 0.127 e. The van der Waals surface area contributed by atoms with Crippen LogP contribution >= 0.6 is 0 Å².